The third kappa shape index (κ3) is 4.90. The zero-order valence-corrected chi connectivity index (χ0v) is 18.8. The predicted octanol–water partition coefficient (Wildman–Crippen LogP) is 6.52. The summed E-state index contributed by atoms with van der Waals surface area (Å²) >= 11 is 12.0. The Morgan fingerprint density at radius 2 is 1.84 bits per heavy atom. The average molecular weight is 471 g/mol. The molecule has 2 aromatic carbocycles. The number of unbranched alkanes of at least 4 members (excludes halogenated alkanes) is 1. The van der Waals surface area contributed by atoms with E-state index >= 15 is 0 Å². The van der Waals surface area contributed by atoms with Gasteiger partial charge in [-0.3, -0.25) is 9.79 Å². The first kappa shape index (κ1) is 23.6. The fourth-order valence-corrected chi connectivity index (χ4v) is 4.30. The van der Waals surface area contributed by atoms with Gasteiger partial charge in [-0.15, -0.1) is 0 Å². The fraction of sp³-hybridized carbons (Fsp3) is 0.391. The molecule has 0 saturated carbocycles. The number of aryl methyl sites for hydroxylation is 1. The minimum Gasteiger partial charge on any atom is -0.352 e. The first-order valence-electron chi connectivity index (χ1n) is 10.0. The van der Waals surface area contributed by atoms with Crippen LogP contribution < -0.4 is 5.32 Å². The number of hydrogen-bond acceptors (Lipinski definition) is 2. The molecule has 2 aromatic rings. The maximum Gasteiger partial charge on any atom is 0.400 e. The molecule has 0 unspecified atom stereocenters. The molecule has 1 N–H and O–H groups in total. The predicted molar refractivity (Wildman–Crippen MR) is 119 cm³/mol. The summed E-state index contributed by atoms with van der Waals surface area (Å²) in [5.41, 5.74) is -0.0936. The van der Waals surface area contributed by atoms with Gasteiger partial charge >= 0.3 is 6.18 Å². The highest BCUT2D eigenvalue weighted by atomic mass is 35.5. The maximum absolute atomic E-state index is 14.2. The highest BCUT2D eigenvalue weighted by Gasteiger charge is 2.58. The third-order valence-corrected chi connectivity index (χ3v) is 6.02. The lowest BCUT2D eigenvalue weighted by Gasteiger charge is -2.31. The number of carbonyl (C=O) groups excluding carboxylic acids is 1. The maximum atomic E-state index is 14.2. The van der Waals surface area contributed by atoms with Crippen LogP contribution in [0.4, 0.5) is 13.2 Å². The van der Waals surface area contributed by atoms with Gasteiger partial charge < -0.3 is 5.32 Å². The molecule has 0 bridgehead atoms. The van der Waals surface area contributed by atoms with E-state index in [0.29, 0.717) is 28.9 Å². The van der Waals surface area contributed by atoms with Gasteiger partial charge in [-0.1, -0.05) is 42.6 Å². The molecule has 0 saturated heterocycles. The molecule has 8 heteroatoms. The van der Waals surface area contributed by atoms with Crippen LogP contribution in [0.1, 0.15) is 53.2 Å². The molecule has 1 heterocycles. The first-order chi connectivity index (χ1) is 14.6. The van der Waals surface area contributed by atoms with Gasteiger partial charge in [0, 0.05) is 34.3 Å². The number of nitrogens with zero attached hydrogens (tertiary/aromatic N) is 1. The summed E-state index contributed by atoms with van der Waals surface area (Å²) in [6.07, 6.45) is -3.02. The molecule has 0 aliphatic carbocycles. The third-order valence-electron chi connectivity index (χ3n) is 5.59. The van der Waals surface area contributed by atoms with Crippen LogP contribution in [0.5, 0.6) is 0 Å². The van der Waals surface area contributed by atoms with E-state index < -0.39 is 18.1 Å². The lowest BCUT2D eigenvalue weighted by Crippen LogP contribution is -2.43. The SMILES string of the molecule is CCCCNC(=O)c1ccc(C2=NC[C@@](c3cc(Cl)cc(Cl)c3)(C(F)(F)F)C2)cc1C. The highest BCUT2D eigenvalue weighted by Crippen LogP contribution is 2.48. The average Bonchev–Trinajstić information content (AvgIpc) is 3.14. The molecule has 1 amide bonds. The topological polar surface area (TPSA) is 41.5 Å². The van der Waals surface area contributed by atoms with Crippen molar-refractivity contribution in [1.29, 1.82) is 0 Å². The summed E-state index contributed by atoms with van der Waals surface area (Å²) < 4.78 is 42.7. The van der Waals surface area contributed by atoms with Gasteiger partial charge in [0.2, 0.25) is 0 Å². The molecule has 3 rings (SSSR count). The first-order valence-corrected chi connectivity index (χ1v) is 10.8. The van der Waals surface area contributed by atoms with Crippen molar-refractivity contribution in [2.75, 3.05) is 13.1 Å². The van der Waals surface area contributed by atoms with Crippen LogP contribution >= 0.6 is 23.2 Å². The van der Waals surface area contributed by atoms with Crippen LogP contribution in [-0.4, -0.2) is 30.9 Å². The lowest BCUT2D eigenvalue weighted by molar-refractivity contribution is -0.183. The Morgan fingerprint density at radius 1 is 1.16 bits per heavy atom. The Bertz CT molecular complexity index is 1000. The number of hydrogen-bond donors (Lipinski definition) is 1. The Balaban J connectivity index is 1.88. The molecule has 0 aromatic heterocycles. The Kier molecular flexibility index (Phi) is 7.01. The van der Waals surface area contributed by atoms with E-state index in [-0.39, 0.29) is 27.9 Å². The largest absolute Gasteiger partial charge is 0.400 e. The number of aliphatic imine (C=N–C) groups is 1. The van der Waals surface area contributed by atoms with Crippen LogP contribution in [0.3, 0.4) is 0 Å². The Morgan fingerprint density at radius 3 is 2.42 bits per heavy atom. The number of halogens is 5. The second-order valence-electron chi connectivity index (χ2n) is 7.82. The van der Waals surface area contributed by atoms with E-state index in [9.17, 15) is 18.0 Å². The summed E-state index contributed by atoms with van der Waals surface area (Å²) in [4.78, 5) is 16.6. The van der Waals surface area contributed by atoms with Crippen LogP contribution in [-0.2, 0) is 5.41 Å². The number of nitrogens with one attached hydrogen (secondary N) is 1. The van der Waals surface area contributed by atoms with E-state index in [2.05, 4.69) is 10.3 Å². The van der Waals surface area contributed by atoms with Crippen LogP contribution in [0.15, 0.2) is 41.4 Å². The number of benzene rings is 2. The van der Waals surface area contributed by atoms with E-state index in [1.54, 1.807) is 25.1 Å². The molecule has 0 fully saturated rings. The van der Waals surface area contributed by atoms with Crippen molar-refractivity contribution < 1.29 is 18.0 Å². The number of rotatable bonds is 6. The number of alkyl halides is 3. The smallest absolute Gasteiger partial charge is 0.352 e. The minimum atomic E-state index is -4.54. The molecule has 1 atom stereocenters. The van der Waals surface area contributed by atoms with Crippen molar-refractivity contribution in [3.8, 4) is 0 Å². The van der Waals surface area contributed by atoms with Crippen LogP contribution in [0, 0.1) is 6.92 Å². The van der Waals surface area contributed by atoms with Gasteiger partial charge in [0.25, 0.3) is 5.91 Å². The van der Waals surface area contributed by atoms with Gasteiger partial charge in [-0.05, 0) is 60.4 Å². The molecule has 166 valence electrons. The van der Waals surface area contributed by atoms with Gasteiger partial charge in [0.1, 0.15) is 5.41 Å². The standard InChI is InChI=1S/C23H23Cl2F3N2O/c1-3-4-7-29-21(31)19-6-5-15(8-14(19)2)20-12-22(13-30-20,23(26,27)28)16-9-17(24)11-18(25)10-16/h5-6,8-11H,3-4,7,12-13H2,1-2H3,(H,29,31)/t22-/m0/s1. The monoisotopic (exact) mass is 470 g/mol. The number of carbonyl (C=O) groups is 1. The fourth-order valence-electron chi connectivity index (χ4n) is 3.77. The van der Waals surface area contributed by atoms with Crippen molar-refractivity contribution in [2.24, 2.45) is 4.99 Å². The molecule has 1 aliphatic rings. The van der Waals surface area contributed by atoms with Crippen molar-refractivity contribution in [3.05, 3.63) is 68.7 Å². The molecular formula is C23H23Cl2F3N2O. The van der Waals surface area contributed by atoms with E-state index in [4.69, 9.17) is 23.2 Å². The number of amides is 1. The Labute approximate surface area is 189 Å². The molecular weight excluding hydrogens is 448 g/mol. The van der Waals surface area contributed by atoms with Crippen molar-refractivity contribution >= 4 is 34.8 Å². The zero-order chi connectivity index (χ0) is 22.8. The second kappa shape index (κ2) is 9.21. The minimum absolute atomic E-state index is 0.0000981. The van der Waals surface area contributed by atoms with Gasteiger partial charge in [-0.25, -0.2) is 0 Å². The molecule has 0 spiro atoms. The van der Waals surface area contributed by atoms with Crippen molar-refractivity contribution in [3.63, 3.8) is 0 Å². The van der Waals surface area contributed by atoms with E-state index in [1.165, 1.54) is 18.2 Å². The van der Waals surface area contributed by atoms with Crippen LogP contribution in [0.25, 0.3) is 0 Å². The normalized spacial score (nSPS) is 18.7. The highest BCUT2D eigenvalue weighted by molar-refractivity contribution is 6.34. The zero-order valence-electron chi connectivity index (χ0n) is 17.2. The van der Waals surface area contributed by atoms with Crippen molar-refractivity contribution in [2.45, 2.75) is 44.7 Å². The summed E-state index contributed by atoms with van der Waals surface area (Å²) in [6, 6.07) is 9.01. The quantitative estimate of drug-likeness (QED) is 0.479. The Hall–Kier alpha value is -2.05. The molecule has 1 aliphatic heterocycles. The van der Waals surface area contributed by atoms with Gasteiger partial charge in [-0.2, -0.15) is 13.2 Å². The summed E-state index contributed by atoms with van der Waals surface area (Å²) in [5, 5.41) is 3.15. The van der Waals surface area contributed by atoms with E-state index in [1.807, 2.05) is 6.92 Å². The summed E-state index contributed by atoms with van der Waals surface area (Å²) in [7, 11) is 0. The molecule has 3 nitrogen and oxygen atoms in total. The van der Waals surface area contributed by atoms with Gasteiger partial charge in [0.05, 0.1) is 6.54 Å². The van der Waals surface area contributed by atoms with E-state index in [0.717, 1.165) is 12.8 Å². The lowest BCUT2D eigenvalue weighted by atomic mass is 9.76. The second-order valence-corrected chi connectivity index (χ2v) is 8.69. The summed E-state index contributed by atoms with van der Waals surface area (Å²) in [5.74, 6) is -0.191. The van der Waals surface area contributed by atoms with Crippen LogP contribution in [0.2, 0.25) is 10.0 Å². The van der Waals surface area contributed by atoms with Gasteiger partial charge in [0.15, 0.2) is 0 Å². The van der Waals surface area contributed by atoms with Crippen molar-refractivity contribution in [1.82, 2.24) is 5.32 Å². The summed E-state index contributed by atoms with van der Waals surface area (Å²) in [6.45, 7) is 3.94. The molecule has 0 radical (unpaired) electrons. The molecule has 31 heavy (non-hydrogen) atoms.